The van der Waals surface area contributed by atoms with Gasteiger partial charge < -0.3 is 25.7 Å². The predicted octanol–water partition coefficient (Wildman–Crippen LogP) is 0.410. The molecule has 154 valence electrons. The third kappa shape index (κ3) is 2.75. The van der Waals surface area contributed by atoms with E-state index in [0.29, 0.717) is 36.7 Å². The second-order valence-corrected chi connectivity index (χ2v) is 7.80. The lowest BCUT2D eigenvalue weighted by Gasteiger charge is -2.52. The molecule has 0 unspecified atom stereocenters. The molecule has 10 nitrogen and oxygen atoms in total. The van der Waals surface area contributed by atoms with Crippen molar-refractivity contribution in [3.05, 3.63) is 42.5 Å². The van der Waals surface area contributed by atoms with Crippen molar-refractivity contribution in [3.63, 3.8) is 0 Å². The number of ether oxygens (including phenoxy) is 1. The van der Waals surface area contributed by atoms with E-state index in [1.165, 1.54) is 0 Å². The molecule has 0 aliphatic carbocycles. The van der Waals surface area contributed by atoms with Gasteiger partial charge in [0.2, 0.25) is 24.0 Å². The second kappa shape index (κ2) is 6.68. The van der Waals surface area contributed by atoms with E-state index in [9.17, 15) is 9.59 Å². The molecule has 5 rings (SSSR count). The Balaban J connectivity index is 1.41. The number of primary amides is 1. The largest absolute Gasteiger partial charge is 0.468 e. The lowest BCUT2D eigenvalue weighted by molar-refractivity contribution is -0.364. The summed E-state index contributed by atoms with van der Waals surface area (Å²) in [6.45, 7) is 2.65. The topological polar surface area (TPSA) is 140 Å². The Morgan fingerprint density at radius 2 is 2.27 bits per heavy atom. The van der Waals surface area contributed by atoms with Crippen LogP contribution in [-0.4, -0.2) is 50.5 Å². The Kier molecular flexibility index (Phi) is 4.09. The van der Waals surface area contributed by atoms with Crippen molar-refractivity contribution in [3.8, 4) is 5.75 Å². The number of hydrogen-bond donors (Lipinski definition) is 3. The number of rotatable bonds is 5. The second-order valence-electron chi connectivity index (χ2n) is 7.80. The third-order valence-electron chi connectivity index (χ3n) is 5.96. The summed E-state index contributed by atoms with van der Waals surface area (Å²) in [6, 6.07) is 7.52. The highest BCUT2D eigenvalue weighted by Gasteiger charge is 2.55. The molecule has 2 aromatic heterocycles. The minimum atomic E-state index is -0.907. The molecule has 1 aromatic carbocycles. The highest BCUT2D eigenvalue weighted by Crippen LogP contribution is 2.49. The quantitative estimate of drug-likeness (QED) is 0.522. The average molecular weight is 408 g/mol. The number of likely N-dealkylation sites (tertiary alicyclic amines) is 1. The molecule has 10 heteroatoms. The molecule has 2 aliphatic rings. The van der Waals surface area contributed by atoms with Gasteiger partial charge in [-0.2, -0.15) is 0 Å². The molecule has 2 amide bonds. The van der Waals surface area contributed by atoms with Crippen LogP contribution in [0, 0.1) is 5.92 Å². The van der Waals surface area contributed by atoms with Gasteiger partial charge in [-0.15, -0.1) is 0 Å². The van der Waals surface area contributed by atoms with Gasteiger partial charge in [0.25, 0.3) is 5.65 Å². The molecule has 30 heavy (non-hydrogen) atoms. The molecule has 2 aliphatic heterocycles. The van der Waals surface area contributed by atoms with Crippen LogP contribution in [0.2, 0.25) is 0 Å². The molecule has 0 spiro atoms. The van der Waals surface area contributed by atoms with Gasteiger partial charge in [0.05, 0.1) is 19.4 Å². The average Bonchev–Trinajstić information content (AvgIpc) is 3.19. The van der Waals surface area contributed by atoms with Gasteiger partial charge in [-0.3, -0.25) is 9.59 Å². The molecule has 3 aromatic rings. The summed E-state index contributed by atoms with van der Waals surface area (Å²) < 4.78 is 6.25. The van der Waals surface area contributed by atoms with Crippen molar-refractivity contribution in [2.75, 3.05) is 18.4 Å². The van der Waals surface area contributed by atoms with Crippen LogP contribution in [-0.2, 0) is 9.59 Å². The van der Waals surface area contributed by atoms with Crippen LogP contribution in [0.4, 0.5) is 5.82 Å². The number of carbonyl (C=O) groups excluding carboxylic acids is 2. The lowest BCUT2D eigenvalue weighted by atomic mass is 9.73. The first-order valence-electron chi connectivity index (χ1n) is 9.80. The fraction of sp³-hybridized carbons (Fsp3) is 0.350. The maximum Gasteiger partial charge on any atom is 0.260 e. The van der Waals surface area contributed by atoms with E-state index in [1.54, 1.807) is 17.6 Å². The van der Waals surface area contributed by atoms with Crippen LogP contribution < -0.4 is 20.8 Å². The number of benzene rings is 1. The van der Waals surface area contributed by atoms with Crippen molar-refractivity contribution in [1.29, 1.82) is 0 Å². The summed E-state index contributed by atoms with van der Waals surface area (Å²) in [4.78, 5) is 41.5. The molecule has 1 fully saturated rings. The van der Waals surface area contributed by atoms with E-state index in [0.717, 1.165) is 11.1 Å². The third-order valence-corrected chi connectivity index (χ3v) is 5.96. The molecule has 4 heterocycles. The van der Waals surface area contributed by atoms with Crippen LogP contribution in [0.1, 0.15) is 24.8 Å². The highest BCUT2D eigenvalue weighted by molar-refractivity contribution is 6.01. The van der Waals surface area contributed by atoms with Gasteiger partial charge in [0.1, 0.15) is 11.7 Å². The molecule has 3 atom stereocenters. The zero-order valence-corrected chi connectivity index (χ0v) is 16.4. The maximum atomic E-state index is 13.3. The van der Waals surface area contributed by atoms with E-state index in [2.05, 4.69) is 25.3 Å². The Morgan fingerprint density at radius 3 is 3.10 bits per heavy atom. The first-order chi connectivity index (χ1) is 14.5. The van der Waals surface area contributed by atoms with Gasteiger partial charge in [-0.1, -0.05) is 23.2 Å². The fourth-order valence-corrected chi connectivity index (χ4v) is 4.61. The molecule has 2 bridgehead atoms. The summed E-state index contributed by atoms with van der Waals surface area (Å²) in [5, 5.41) is 3.26. The maximum absolute atomic E-state index is 13.3. The molecule has 0 radical (unpaired) electrons. The van der Waals surface area contributed by atoms with Crippen molar-refractivity contribution >= 4 is 28.8 Å². The number of amides is 2. The van der Waals surface area contributed by atoms with E-state index >= 15 is 0 Å². The summed E-state index contributed by atoms with van der Waals surface area (Å²) in [5.41, 5.74) is 6.99. The van der Waals surface area contributed by atoms with E-state index < -0.39 is 17.6 Å². The number of hydrogen-bond acceptors (Lipinski definition) is 6. The van der Waals surface area contributed by atoms with Crippen molar-refractivity contribution in [2.24, 2.45) is 11.7 Å². The van der Waals surface area contributed by atoms with Gasteiger partial charge in [0.15, 0.2) is 11.2 Å². The lowest BCUT2D eigenvalue weighted by Crippen LogP contribution is -2.65. The van der Waals surface area contributed by atoms with Crippen LogP contribution in [0.25, 0.3) is 11.2 Å². The van der Waals surface area contributed by atoms with E-state index in [4.69, 9.17) is 10.5 Å². The van der Waals surface area contributed by atoms with Crippen molar-refractivity contribution in [1.82, 2.24) is 19.9 Å². The standard InChI is InChI=1S/C20H21N7O3/c1-20-8-12(11-4-2-3-5-13(11)30-20)14(16(21)28)19(29)27(20)7-6-22-17-15-18(24-9-23-15)26-10-25-17/h2-5,9-10,12,14H,6-8H2,1H3,(H2,21,28)(H2,22,23,24,25,26)/p+1/t12-,14-,20-/m0/s1. The minimum Gasteiger partial charge on any atom is -0.468 e. The van der Waals surface area contributed by atoms with Gasteiger partial charge in [-0.05, 0) is 18.6 Å². The number of aromatic nitrogens is 4. The number of nitrogens with two attached hydrogens (primary N) is 1. The summed E-state index contributed by atoms with van der Waals surface area (Å²) in [5.74, 6) is -0.700. The van der Waals surface area contributed by atoms with Crippen molar-refractivity contribution < 1.29 is 19.3 Å². The first kappa shape index (κ1) is 18.3. The van der Waals surface area contributed by atoms with Crippen LogP contribution in [0.15, 0.2) is 36.9 Å². The fourth-order valence-electron chi connectivity index (χ4n) is 4.61. The molecule has 5 N–H and O–H groups in total. The van der Waals surface area contributed by atoms with E-state index in [-0.39, 0.29) is 11.8 Å². The number of aromatic amines is 2. The van der Waals surface area contributed by atoms with E-state index in [1.807, 2.05) is 31.2 Å². The number of para-hydroxylation sites is 1. The van der Waals surface area contributed by atoms with Crippen molar-refractivity contribution in [2.45, 2.75) is 25.0 Å². The van der Waals surface area contributed by atoms with Crippen LogP contribution in [0.5, 0.6) is 5.75 Å². The van der Waals surface area contributed by atoms with Gasteiger partial charge in [-0.25, -0.2) is 9.97 Å². The Bertz CT molecular complexity index is 1150. The smallest absolute Gasteiger partial charge is 0.260 e. The monoisotopic (exact) mass is 408 g/mol. The molecule has 0 saturated carbocycles. The van der Waals surface area contributed by atoms with Gasteiger partial charge in [0, 0.05) is 12.3 Å². The molecular formula is C20H22N7O3+. The number of imidazole rings is 1. The number of nitrogens with zero attached hydrogens (tertiary/aromatic N) is 3. The predicted molar refractivity (Wildman–Crippen MR) is 106 cm³/mol. The molecular weight excluding hydrogens is 386 g/mol. The number of H-pyrrole nitrogens is 2. The molecule has 1 saturated heterocycles. The SMILES string of the molecule is C[C@@]12C[C@@H](c3ccccc3O1)[C@@H](C(N)=O)C(=O)N2CCNc1[nH+]cnc2nc[nH]c12. The number of piperidine rings is 1. The normalized spacial score (nSPS) is 25.0. The van der Waals surface area contributed by atoms with Crippen LogP contribution >= 0.6 is 0 Å². The first-order valence-corrected chi connectivity index (χ1v) is 9.80. The minimum absolute atomic E-state index is 0.285. The number of anilines is 1. The Hall–Kier alpha value is -3.69. The Labute approximate surface area is 171 Å². The van der Waals surface area contributed by atoms with Gasteiger partial charge >= 0.3 is 0 Å². The number of nitrogens with one attached hydrogen (secondary N) is 3. The summed E-state index contributed by atoms with van der Waals surface area (Å²) in [6.07, 6.45) is 3.63. The summed E-state index contributed by atoms with van der Waals surface area (Å²) in [7, 11) is 0. The Morgan fingerprint density at radius 1 is 1.43 bits per heavy atom. The zero-order valence-electron chi connectivity index (χ0n) is 16.4. The zero-order chi connectivity index (χ0) is 20.9. The van der Waals surface area contributed by atoms with Crippen LogP contribution in [0.3, 0.4) is 0 Å². The summed E-state index contributed by atoms with van der Waals surface area (Å²) >= 11 is 0. The highest BCUT2D eigenvalue weighted by atomic mass is 16.5. The number of carbonyl (C=O) groups is 2. The number of fused-ring (bicyclic) bond motifs is 5.